The number of halogens is 1. The van der Waals surface area contributed by atoms with Crippen LogP contribution in [0.15, 0.2) is 60.9 Å². The maximum Gasteiger partial charge on any atom is 0.226 e. The first-order valence-electron chi connectivity index (χ1n) is 8.11. The van der Waals surface area contributed by atoms with E-state index in [0.717, 1.165) is 17.0 Å². The molecule has 0 saturated carbocycles. The van der Waals surface area contributed by atoms with Gasteiger partial charge in [-0.25, -0.2) is 14.4 Å². The molecule has 26 heavy (non-hydrogen) atoms. The van der Waals surface area contributed by atoms with Crippen LogP contribution in [-0.4, -0.2) is 19.4 Å². The van der Waals surface area contributed by atoms with Crippen molar-refractivity contribution >= 4 is 11.6 Å². The van der Waals surface area contributed by atoms with Crippen molar-refractivity contribution in [3.05, 3.63) is 78.1 Å². The van der Waals surface area contributed by atoms with E-state index in [4.69, 9.17) is 4.74 Å². The highest BCUT2D eigenvalue weighted by Crippen LogP contribution is 2.20. The number of aromatic nitrogens is 4. The van der Waals surface area contributed by atoms with E-state index in [-0.39, 0.29) is 5.82 Å². The Hall–Kier alpha value is -3.48. The van der Waals surface area contributed by atoms with Gasteiger partial charge in [-0.05, 0) is 43.3 Å². The standard InChI is InChI=1S/C19H16FN5O/c1-13-3-2-4-17-23-15(12-25(13)17)11-22-19-21-10-9-18(24-19)26-16-7-5-14(20)6-8-16/h2-10,12H,11H2,1H3,(H,21,22,24). The van der Waals surface area contributed by atoms with Gasteiger partial charge in [-0.1, -0.05) is 6.07 Å². The highest BCUT2D eigenvalue weighted by molar-refractivity contribution is 5.42. The molecule has 0 amide bonds. The SMILES string of the molecule is Cc1cccc2nc(CNc3nccc(Oc4ccc(F)cc4)n3)cn12. The summed E-state index contributed by atoms with van der Waals surface area (Å²) in [6, 6.07) is 13.4. The van der Waals surface area contributed by atoms with E-state index in [0.29, 0.717) is 24.1 Å². The molecular weight excluding hydrogens is 333 g/mol. The number of aryl methyl sites for hydroxylation is 1. The number of fused-ring (bicyclic) bond motifs is 1. The second kappa shape index (κ2) is 6.79. The third-order valence-electron chi connectivity index (χ3n) is 3.84. The molecule has 1 N–H and O–H groups in total. The third-order valence-corrected chi connectivity index (χ3v) is 3.84. The Kier molecular flexibility index (Phi) is 4.18. The normalized spacial score (nSPS) is 10.8. The van der Waals surface area contributed by atoms with Gasteiger partial charge in [-0.3, -0.25) is 0 Å². The molecule has 0 fully saturated rings. The summed E-state index contributed by atoms with van der Waals surface area (Å²) >= 11 is 0. The molecule has 0 aliphatic carbocycles. The number of imidazole rings is 1. The minimum atomic E-state index is -0.315. The van der Waals surface area contributed by atoms with Crippen molar-refractivity contribution in [1.29, 1.82) is 0 Å². The molecule has 0 aliphatic heterocycles. The van der Waals surface area contributed by atoms with Gasteiger partial charge in [0.15, 0.2) is 0 Å². The molecule has 3 heterocycles. The van der Waals surface area contributed by atoms with Crippen molar-refractivity contribution < 1.29 is 9.13 Å². The summed E-state index contributed by atoms with van der Waals surface area (Å²) in [5, 5.41) is 3.14. The monoisotopic (exact) mass is 349 g/mol. The zero-order valence-electron chi connectivity index (χ0n) is 14.1. The molecule has 130 valence electrons. The molecule has 0 bridgehead atoms. The Morgan fingerprint density at radius 3 is 2.73 bits per heavy atom. The van der Waals surface area contributed by atoms with Gasteiger partial charge in [-0.2, -0.15) is 4.98 Å². The van der Waals surface area contributed by atoms with Gasteiger partial charge in [0.05, 0.1) is 12.2 Å². The Morgan fingerprint density at radius 2 is 1.92 bits per heavy atom. The number of hydrogen-bond acceptors (Lipinski definition) is 5. The van der Waals surface area contributed by atoms with E-state index in [2.05, 4.69) is 20.3 Å². The van der Waals surface area contributed by atoms with E-state index in [1.54, 1.807) is 24.4 Å². The third kappa shape index (κ3) is 3.46. The van der Waals surface area contributed by atoms with Gasteiger partial charge in [-0.15, -0.1) is 0 Å². The highest BCUT2D eigenvalue weighted by atomic mass is 19.1. The number of ether oxygens (including phenoxy) is 1. The van der Waals surface area contributed by atoms with Crippen molar-refractivity contribution in [1.82, 2.24) is 19.4 Å². The van der Waals surface area contributed by atoms with E-state index in [1.807, 2.05) is 35.7 Å². The first-order valence-corrected chi connectivity index (χ1v) is 8.11. The molecule has 0 atom stereocenters. The summed E-state index contributed by atoms with van der Waals surface area (Å²) in [4.78, 5) is 13.1. The minimum absolute atomic E-state index is 0.315. The molecule has 7 heteroatoms. The van der Waals surface area contributed by atoms with E-state index in [1.165, 1.54) is 12.1 Å². The van der Waals surface area contributed by atoms with Crippen molar-refractivity contribution in [2.24, 2.45) is 0 Å². The van der Waals surface area contributed by atoms with Crippen molar-refractivity contribution in [2.45, 2.75) is 13.5 Å². The van der Waals surface area contributed by atoms with Crippen LogP contribution in [-0.2, 0) is 6.54 Å². The summed E-state index contributed by atoms with van der Waals surface area (Å²) < 4.78 is 20.6. The summed E-state index contributed by atoms with van der Waals surface area (Å²) in [7, 11) is 0. The Balaban J connectivity index is 1.46. The molecule has 0 unspecified atom stereocenters. The first kappa shape index (κ1) is 16.0. The maximum atomic E-state index is 13.0. The van der Waals surface area contributed by atoms with Crippen LogP contribution in [0.4, 0.5) is 10.3 Å². The predicted molar refractivity (Wildman–Crippen MR) is 95.8 cm³/mol. The van der Waals surface area contributed by atoms with Crippen LogP contribution >= 0.6 is 0 Å². The highest BCUT2D eigenvalue weighted by Gasteiger charge is 2.06. The van der Waals surface area contributed by atoms with E-state index < -0.39 is 0 Å². The van der Waals surface area contributed by atoms with Crippen LogP contribution in [0.2, 0.25) is 0 Å². The molecule has 0 aliphatic rings. The zero-order chi connectivity index (χ0) is 17.9. The molecule has 0 saturated heterocycles. The van der Waals surface area contributed by atoms with Crippen LogP contribution in [0, 0.1) is 12.7 Å². The lowest BCUT2D eigenvalue weighted by Crippen LogP contribution is -2.04. The van der Waals surface area contributed by atoms with E-state index in [9.17, 15) is 4.39 Å². The summed E-state index contributed by atoms with van der Waals surface area (Å²) in [6.07, 6.45) is 3.58. The van der Waals surface area contributed by atoms with Crippen LogP contribution in [0.1, 0.15) is 11.4 Å². The fourth-order valence-corrected chi connectivity index (χ4v) is 2.56. The lowest BCUT2D eigenvalue weighted by Gasteiger charge is -2.07. The minimum Gasteiger partial charge on any atom is -0.439 e. The quantitative estimate of drug-likeness (QED) is 0.590. The number of hydrogen-bond donors (Lipinski definition) is 1. The molecule has 3 aromatic heterocycles. The van der Waals surface area contributed by atoms with Crippen LogP contribution in [0.25, 0.3) is 5.65 Å². The smallest absolute Gasteiger partial charge is 0.226 e. The predicted octanol–water partition coefficient (Wildman–Crippen LogP) is 3.98. The Labute approximate surface area is 149 Å². The lowest BCUT2D eigenvalue weighted by molar-refractivity contribution is 0.460. The van der Waals surface area contributed by atoms with Gasteiger partial charge in [0, 0.05) is 24.2 Å². The first-order chi connectivity index (χ1) is 12.7. The Morgan fingerprint density at radius 1 is 1.08 bits per heavy atom. The molecule has 4 aromatic rings. The molecular formula is C19H16FN5O. The second-order valence-electron chi connectivity index (χ2n) is 5.76. The lowest BCUT2D eigenvalue weighted by atomic mass is 10.3. The molecule has 0 spiro atoms. The summed E-state index contributed by atoms with van der Waals surface area (Å²) in [5.41, 5.74) is 2.90. The molecule has 6 nitrogen and oxygen atoms in total. The number of benzene rings is 1. The topological polar surface area (TPSA) is 64.3 Å². The number of rotatable bonds is 5. The largest absolute Gasteiger partial charge is 0.439 e. The van der Waals surface area contributed by atoms with Crippen molar-refractivity contribution in [3.63, 3.8) is 0 Å². The van der Waals surface area contributed by atoms with Gasteiger partial charge in [0.2, 0.25) is 11.8 Å². The van der Waals surface area contributed by atoms with E-state index >= 15 is 0 Å². The molecule has 0 radical (unpaired) electrons. The fraction of sp³-hybridized carbons (Fsp3) is 0.105. The number of pyridine rings is 1. The van der Waals surface area contributed by atoms with Gasteiger partial charge < -0.3 is 14.5 Å². The maximum absolute atomic E-state index is 13.0. The second-order valence-corrected chi connectivity index (χ2v) is 5.76. The van der Waals surface area contributed by atoms with Crippen LogP contribution in [0.5, 0.6) is 11.6 Å². The van der Waals surface area contributed by atoms with Crippen LogP contribution in [0.3, 0.4) is 0 Å². The Bertz CT molecular complexity index is 1050. The zero-order valence-corrected chi connectivity index (χ0v) is 14.1. The van der Waals surface area contributed by atoms with Crippen molar-refractivity contribution in [3.8, 4) is 11.6 Å². The summed E-state index contributed by atoms with van der Waals surface area (Å²) in [6.45, 7) is 2.52. The number of anilines is 1. The molecule has 4 rings (SSSR count). The van der Waals surface area contributed by atoms with Crippen LogP contribution < -0.4 is 10.1 Å². The fourth-order valence-electron chi connectivity index (χ4n) is 2.56. The average molecular weight is 349 g/mol. The number of nitrogens with one attached hydrogen (secondary N) is 1. The molecule has 1 aromatic carbocycles. The van der Waals surface area contributed by atoms with Crippen molar-refractivity contribution in [2.75, 3.05) is 5.32 Å². The van der Waals surface area contributed by atoms with Gasteiger partial charge >= 0.3 is 0 Å². The average Bonchev–Trinajstić information content (AvgIpc) is 3.07. The number of nitrogens with zero attached hydrogens (tertiary/aromatic N) is 4. The van der Waals surface area contributed by atoms with Gasteiger partial charge in [0.25, 0.3) is 0 Å². The van der Waals surface area contributed by atoms with Gasteiger partial charge in [0.1, 0.15) is 17.2 Å². The summed E-state index contributed by atoms with van der Waals surface area (Å²) in [5.74, 6) is 0.996.